The maximum Gasteiger partial charge on any atom is 0.0159 e. The highest BCUT2D eigenvalue weighted by Crippen LogP contribution is 2.49. The summed E-state index contributed by atoms with van der Waals surface area (Å²) < 4.78 is 0. The third-order valence-corrected chi connectivity index (χ3v) is 11.6. The lowest BCUT2D eigenvalue weighted by molar-refractivity contribution is 0.660. The highest BCUT2D eigenvalue weighted by Gasteiger charge is 2.35. The molecule has 1 aliphatic rings. The van der Waals surface area contributed by atoms with Crippen LogP contribution < -0.4 is 10.4 Å². The fourth-order valence-corrected chi connectivity index (χ4v) is 8.92. The van der Waals surface area contributed by atoms with Gasteiger partial charge in [-0.05, 0) is 134 Å². The highest BCUT2D eigenvalue weighted by atomic mass is 14.4. The number of rotatable bonds is 4. The van der Waals surface area contributed by atoms with Crippen molar-refractivity contribution in [1.82, 2.24) is 0 Å². The SMILES string of the molecule is C=CC(c1ccc2c(c1)C(C)(C)c1ccccc1-2)=c1ccccc1=Cc1ccc2cc(-c3cc4c5ccccc5ccc4c4ccccc34)ccc2c1. The second kappa shape index (κ2) is 12.0. The second-order valence-electron chi connectivity index (χ2n) is 15.0. The number of hydrogen-bond donors (Lipinski definition) is 0. The minimum Gasteiger partial charge on any atom is -0.0984 e. The van der Waals surface area contributed by atoms with Gasteiger partial charge in [0.2, 0.25) is 0 Å². The molecule has 1 aliphatic carbocycles. The van der Waals surface area contributed by atoms with Crippen LogP contribution >= 0.6 is 0 Å². The van der Waals surface area contributed by atoms with Gasteiger partial charge in [0.05, 0.1) is 0 Å². The molecule has 0 atom stereocenters. The van der Waals surface area contributed by atoms with E-state index in [9.17, 15) is 0 Å². The molecule has 0 aromatic heterocycles. The van der Waals surface area contributed by atoms with E-state index in [0.717, 1.165) is 5.57 Å². The molecular formula is C53H38. The van der Waals surface area contributed by atoms with Gasteiger partial charge >= 0.3 is 0 Å². The number of allylic oxidation sites excluding steroid dienone is 1. The molecule has 0 radical (unpaired) electrons. The van der Waals surface area contributed by atoms with Crippen molar-refractivity contribution < 1.29 is 0 Å². The summed E-state index contributed by atoms with van der Waals surface area (Å²) in [6.07, 6.45) is 4.33. The molecule has 250 valence electrons. The third kappa shape index (κ3) is 4.98. The van der Waals surface area contributed by atoms with Gasteiger partial charge in [0.15, 0.2) is 0 Å². The lowest BCUT2D eigenvalue weighted by Gasteiger charge is -2.22. The Hall–Kier alpha value is -6.50. The summed E-state index contributed by atoms with van der Waals surface area (Å²) in [4.78, 5) is 0. The predicted octanol–water partition coefficient (Wildman–Crippen LogP) is 12.5. The molecule has 0 amide bonds. The van der Waals surface area contributed by atoms with Crippen molar-refractivity contribution >= 4 is 54.7 Å². The topological polar surface area (TPSA) is 0 Å². The van der Waals surface area contributed by atoms with E-state index in [1.165, 1.54) is 98.0 Å². The van der Waals surface area contributed by atoms with Crippen molar-refractivity contribution in [3.63, 3.8) is 0 Å². The van der Waals surface area contributed by atoms with Gasteiger partial charge in [-0.2, -0.15) is 0 Å². The van der Waals surface area contributed by atoms with E-state index in [1.807, 2.05) is 6.08 Å². The molecule has 0 bridgehead atoms. The summed E-state index contributed by atoms with van der Waals surface area (Å²) in [5.41, 5.74) is 11.4. The molecule has 0 N–H and O–H groups in total. The first-order valence-corrected chi connectivity index (χ1v) is 18.5. The van der Waals surface area contributed by atoms with Crippen molar-refractivity contribution in [3.8, 4) is 22.3 Å². The van der Waals surface area contributed by atoms with Gasteiger partial charge in [-0.3, -0.25) is 0 Å². The highest BCUT2D eigenvalue weighted by molar-refractivity contribution is 6.21. The minimum absolute atomic E-state index is 0.0550. The van der Waals surface area contributed by atoms with Crippen LogP contribution in [0.2, 0.25) is 0 Å². The van der Waals surface area contributed by atoms with Gasteiger partial charge in [-0.25, -0.2) is 0 Å². The van der Waals surface area contributed by atoms with Crippen molar-refractivity contribution in [2.45, 2.75) is 19.3 Å². The van der Waals surface area contributed by atoms with E-state index in [4.69, 9.17) is 0 Å². The van der Waals surface area contributed by atoms with Crippen LogP contribution in [-0.2, 0) is 5.41 Å². The summed E-state index contributed by atoms with van der Waals surface area (Å²) >= 11 is 0. The van der Waals surface area contributed by atoms with Crippen LogP contribution in [0.15, 0.2) is 183 Å². The number of hydrogen-bond acceptors (Lipinski definition) is 0. The molecule has 0 unspecified atom stereocenters. The molecular weight excluding hydrogens is 637 g/mol. The molecule has 10 rings (SSSR count). The van der Waals surface area contributed by atoms with Crippen LogP contribution in [0, 0.1) is 0 Å². The van der Waals surface area contributed by atoms with Crippen LogP contribution in [0.5, 0.6) is 0 Å². The number of benzene rings is 9. The second-order valence-corrected chi connectivity index (χ2v) is 15.0. The lowest BCUT2D eigenvalue weighted by Crippen LogP contribution is -2.26. The van der Waals surface area contributed by atoms with Crippen molar-refractivity contribution in [2.24, 2.45) is 0 Å². The zero-order valence-electron chi connectivity index (χ0n) is 30.0. The van der Waals surface area contributed by atoms with Gasteiger partial charge in [0.1, 0.15) is 0 Å². The Balaban J connectivity index is 1.08. The Bertz CT molecular complexity index is 3100. The Morgan fingerprint density at radius 3 is 2.04 bits per heavy atom. The van der Waals surface area contributed by atoms with Crippen molar-refractivity contribution in [1.29, 1.82) is 0 Å². The van der Waals surface area contributed by atoms with E-state index < -0.39 is 0 Å². The average molecular weight is 675 g/mol. The summed E-state index contributed by atoms with van der Waals surface area (Å²) in [6, 6.07) is 62.7. The molecule has 0 aliphatic heterocycles. The van der Waals surface area contributed by atoms with Crippen LogP contribution in [-0.4, -0.2) is 0 Å². The quantitative estimate of drug-likeness (QED) is 0.163. The molecule has 0 saturated heterocycles. The van der Waals surface area contributed by atoms with E-state index in [0.29, 0.717) is 0 Å². The Kier molecular flexibility index (Phi) is 7.10. The lowest BCUT2D eigenvalue weighted by atomic mass is 9.81. The van der Waals surface area contributed by atoms with Crippen molar-refractivity contribution in [3.05, 3.63) is 215 Å². The van der Waals surface area contributed by atoms with Gasteiger partial charge < -0.3 is 0 Å². The number of fused-ring (bicyclic) bond motifs is 9. The van der Waals surface area contributed by atoms with Crippen molar-refractivity contribution in [2.75, 3.05) is 0 Å². The molecule has 0 saturated carbocycles. The van der Waals surface area contributed by atoms with E-state index in [1.54, 1.807) is 0 Å². The van der Waals surface area contributed by atoms with Gasteiger partial charge in [0.25, 0.3) is 0 Å². The predicted molar refractivity (Wildman–Crippen MR) is 228 cm³/mol. The maximum absolute atomic E-state index is 4.30. The monoisotopic (exact) mass is 674 g/mol. The van der Waals surface area contributed by atoms with E-state index in [-0.39, 0.29) is 5.41 Å². The van der Waals surface area contributed by atoms with E-state index in [2.05, 4.69) is 196 Å². The third-order valence-electron chi connectivity index (χ3n) is 11.6. The smallest absolute Gasteiger partial charge is 0.0159 e. The summed E-state index contributed by atoms with van der Waals surface area (Å²) in [5.74, 6) is 0. The summed E-state index contributed by atoms with van der Waals surface area (Å²) in [7, 11) is 0. The van der Waals surface area contributed by atoms with Crippen LogP contribution in [0.4, 0.5) is 0 Å². The largest absolute Gasteiger partial charge is 0.0984 e. The summed E-state index contributed by atoms with van der Waals surface area (Å²) in [6.45, 7) is 8.98. The maximum atomic E-state index is 4.30. The first kappa shape index (κ1) is 31.3. The van der Waals surface area contributed by atoms with Gasteiger partial charge in [-0.15, -0.1) is 0 Å². The van der Waals surface area contributed by atoms with Gasteiger partial charge in [0, 0.05) is 5.41 Å². The molecule has 0 nitrogen and oxygen atoms in total. The van der Waals surface area contributed by atoms with E-state index >= 15 is 0 Å². The Labute approximate surface area is 310 Å². The first-order chi connectivity index (χ1) is 26.0. The van der Waals surface area contributed by atoms with Crippen LogP contribution in [0.25, 0.3) is 77.0 Å². The first-order valence-electron chi connectivity index (χ1n) is 18.5. The Morgan fingerprint density at radius 2 is 1.15 bits per heavy atom. The van der Waals surface area contributed by atoms with Gasteiger partial charge in [-0.1, -0.05) is 172 Å². The van der Waals surface area contributed by atoms with Crippen LogP contribution in [0.1, 0.15) is 36.1 Å². The fraction of sp³-hybridized carbons (Fsp3) is 0.0566. The van der Waals surface area contributed by atoms with Crippen LogP contribution in [0.3, 0.4) is 0 Å². The molecule has 53 heavy (non-hydrogen) atoms. The minimum atomic E-state index is -0.0550. The molecule has 0 fully saturated rings. The molecule has 9 aromatic carbocycles. The Morgan fingerprint density at radius 1 is 0.472 bits per heavy atom. The normalized spacial score (nSPS) is 14.1. The summed E-state index contributed by atoms with van der Waals surface area (Å²) in [5, 5.41) is 12.5. The molecule has 0 heterocycles. The molecule has 9 aromatic rings. The molecule has 0 heteroatoms. The molecule has 0 spiro atoms. The fourth-order valence-electron chi connectivity index (χ4n) is 8.92. The zero-order chi connectivity index (χ0) is 35.7. The standard InChI is InChI=1S/C53H38/c1-4-41(40-26-28-48-47-19-11-12-20-51(47)53(2,3)52(48)32-40)43-16-8-6-14-38(43)30-34-21-22-37-31-39(24-23-36(37)29-34)49-33-50-42-15-7-5-13-35(42)25-27-46(50)44-17-9-10-18-45(44)49/h4-33H,1H2,2-3H3. The zero-order valence-corrected chi connectivity index (χ0v) is 30.0. The average Bonchev–Trinajstić information content (AvgIpc) is 3.43.